The molecule has 1 aliphatic heterocycles. The predicted molar refractivity (Wildman–Crippen MR) is 104 cm³/mol. The average Bonchev–Trinajstić information content (AvgIpc) is 3.03. The Morgan fingerprint density at radius 3 is 3.15 bits per heavy atom. The molecular weight excluding hydrogens is 348 g/mol. The third kappa shape index (κ3) is 3.09. The van der Waals surface area contributed by atoms with Gasteiger partial charge in [-0.25, -0.2) is 9.97 Å². The highest BCUT2D eigenvalue weighted by Crippen LogP contribution is 2.33. The van der Waals surface area contributed by atoms with Crippen LogP contribution in [0.2, 0.25) is 5.02 Å². The molecular formula is C19H21ClN6. The molecule has 6 nitrogen and oxygen atoms in total. The number of aromatic amines is 1. The van der Waals surface area contributed by atoms with E-state index in [4.69, 9.17) is 16.9 Å². The Morgan fingerprint density at radius 1 is 1.42 bits per heavy atom. The predicted octanol–water partition coefficient (Wildman–Crippen LogP) is 3.58. The Kier molecular flexibility index (Phi) is 4.66. The Labute approximate surface area is 157 Å². The summed E-state index contributed by atoms with van der Waals surface area (Å²) in [5.74, 6) is 0.940. The average molecular weight is 369 g/mol. The summed E-state index contributed by atoms with van der Waals surface area (Å²) in [6.07, 6.45) is 4.45. The fraction of sp³-hybridized carbons (Fsp3) is 0.421. The van der Waals surface area contributed by atoms with E-state index in [1.54, 1.807) is 6.33 Å². The summed E-state index contributed by atoms with van der Waals surface area (Å²) in [7, 11) is 2.11. The highest BCUT2D eigenvalue weighted by molar-refractivity contribution is 6.31. The lowest BCUT2D eigenvalue weighted by Crippen LogP contribution is -2.47. The van der Waals surface area contributed by atoms with E-state index in [1.807, 2.05) is 18.2 Å². The number of aromatic nitrogens is 3. The van der Waals surface area contributed by atoms with Crippen LogP contribution in [0.3, 0.4) is 0 Å². The van der Waals surface area contributed by atoms with Gasteiger partial charge in [-0.05, 0) is 31.5 Å². The van der Waals surface area contributed by atoms with Gasteiger partial charge in [0.2, 0.25) is 0 Å². The number of nitriles is 1. The summed E-state index contributed by atoms with van der Waals surface area (Å²) < 4.78 is 0. The molecule has 3 aromatic rings. The van der Waals surface area contributed by atoms with Crippen LogP contribution in [0.5, 0.6) is 0 Å². The molecule has 1 unspecified atom stereocenters. The smallest absolute Gasteiger partial charge is 0.143 e. The molecule has 1 N–H and O–H groups in total. The van der Waals surface area contributed by atoms with Gasteiger partial charge >= 0.3 is 0 Å². The molecule has 3 heterocycles. The molecule has 1 atom stereocenters. The summed E-state index contributed by atoms with van der Waals surface area (Å²) in [6.45, 7) is 2.86. The second-order valence-electron chi connectivity index (χ2n) is 6.85. The van der Waals surface area contributed by atoms with Crippen molar-refractivity contribution in [3.05, 3.63) is 29.5 Å². The largest absolute Gasteiger partial charge is 0.355 e. The van der Waals surface area contributed by atoms with Gasteiger partial charge < -0.3 is 14.8 Å². The standard InChI is InChI=1S/C19H21ClN6/c1-25(14-4-2-8-26(11-14)9-3-7-21)19-17-15-6-5-13(20)10-16(15)24-18(17)22-12-23-19/h5-6,10,12,14H,2-4,8-9,11H2,1H3,(H,22,23,24). The number of nitrogens with one attached hydrogen (secondary N) is 1. The van der Waals surface area contributed by atoms with Crippen molar-refractivity contribution in [2.75, 3.05) is 31.6 Å². The van der Waals surface area contributed by atoms with E-state index in [9.17, 15) is 0 Å². The number of likely N-dealkylation sites (tertiary alicyclic amines) is 1. The molecule has 0 aliphatic carbocycles. The van der Waals surface area contributed by atoms with E-state index < -0.39 is 0 Å². The maximum absolute atomic E-state index is 8.85. The lowest BCUT2D eigenvalue weighted by Gasteiger charge is -2.38. The van der Waals surface area contributed by atoms with Gasteiger partial charge in [-0.1, -0.05) is 17.7 Å². The lowest BCUT2D eigenvalue weighted by molar-refractivity contribution is 0.210. The maximum atomic E-state index is 8.85. The maximum Gasteiger partial charge on any atom is 0.143 e. The highest BCUT2D eigenvalue weighted by Gasteiger charge is 2.25. The van der Waals surface area contributed by atoms with E-state index in [0.29, 0.717) is 17.5 Å². The van der Waals surface area contributed by atoms with E-state index in [0.717, 1.165) is 60.2 Å². The van der Waals surface area contributed by atoms with Crippen LogP contribution < -0.4 is 4.90 Å². The van der Waals surface area contributed by atoms with E-state index in [2.05, 4.69) is 37.9 Å². The van der Waals surface area contributed by atoms with E-state index >= 15 is 0 Å². The zero-order valence-corrected chi connectivity index (χ0v) is 15.5. The second kappa shape index (κ2) is 7.10. The fourth-order valence-corrected chi connectivity index (χ4v) is 4.06. The first-order valence-corrected chi connectivity index (χ1v) is 9.29. The third-order valence-electron chi connectivity index (χ3n) is 5.23. The van der Waals surface area contributed by atoms with Gasteiger partial charge in [0, 0.05) is 48.5 Å². The van der Waals surface area contributed by atoms with Crippen molar-refractivity contribution in [1.29, 1.82) is 5.26 Å². The summed E-state index contributed by atoms with van der Waals surface area (Å²) in [5.41, 5.74) is 1.80. The molecule has 4 rings (SSSR count). The van der Waals surface area contributed by atoms with Crippen LogP contribution in [0.25, 0.3) is 21.9 Å². The SMILES string of the molecule is CN(c1ncnc2[nH]c3cc(Cl)ccc3c12)C1CCCN(CCC#N)C1. The zero-order valence-electron chi connectivity index (χ0n) is 14.7. The molecule has 1 aliphatic rings. The molecule has 0 spiro atoms. The molecule has 7 heteroatoms. The molecule has 0 amide bonds. The van der Waals surface area contributed by atoms with Crippen LogP contribution in [0.4, 0.5) is 5.82 Å². The van der Waals surface area contributed by atoms with Crippen molar-refractivity contribution in [3.8, 4) is 6.07 Å². The molecule has 1 saturated heterocycles. The van der Waals surface area contributed by atoms with Crippen LogP contribution in [-0.4, -0.2) is 52.6 Å². The van der Waals surface area contributed by atoms with Gasteiger partial charge in [-0.2, -0.15) is 5.26 Å². The van der Waals surface area contributed by atoms with Gasteiger partial charge in [0.1, 0.15) is 17.8 Å². The number of halogens is 1. The highest BCUT2D eigenvalue weighted by atomic mass is 35.5. The molecule has 134 valence electrons. The van der Waals surface area contributed by atoms with Crippen molar-refractivity contribution >= 4 is 39.4 Å². The summed E-state index contributed by atoms with van der Waals surface area (Å²) in [4.78, 5) is 17.0. The minimum absolute atomic E-state index is 0.373. The minimum Gasteiger partial charge on any atom is -0.355 e. The first kappa shape index (κ1) is 17.1. The van der Waals surface area contributed by atoms with Gasteiger partial charge in [0.05, 0.1) is 11.5 Å². The normalized spacial score (nSPS) is 18.3. The van der Waals surface area contributed by atoms with Crippen molar-refractivity contribution in [2.45, 2.75) is 25.3 Å². The Hall–Kier alpha value is -2.36. The third-order valence-corrected chi connectivity index (χ3v) is 5.47. The van der Waals surface area contributed by atoms with E-state index in [-0.39, 0.29) is 0 Å². The first-order valence-electron chi connectivity index (χ1n) is 8.91. The summed E-state index contributed by atoms with van der Waals surface area (Å²) in [5, 5.41) is 11.7. The Morgan fingerprint density at radius 2 is 2.31 bits per heavy atom. The number of likely N-dealkylation sites (N-methyl/N-ethyl adjacent to an activating group) is 1. The number of rotatable bonds is 4. The van der Waals surface area contributed by atoms with Crippen LogP contribution in [-0.2, 0) is 0 Å². The molecule has 0 bridgehead atoms. The summed E-state index contributed by atoms with van der Waals surface area (Å²) >= 11 is 6.13. The molecule has 1 fully saturated rings. The van der Waals surface area contributed by atoms with Crippen LogP contribution in [0.15, 0.2) is 24.5 Å². The summed E-state index contributed by atoms with van der Waals surface area (Å²) in [6, 6.07) is 8.47. The number of benzene rings is 1. The number of hydrogen-bond donors (Lipinski definition) is 1. The number of nitrogens with zero attached hydrogens (tertiary/aromatic N) is 5. The molecule has 0 radical (unpaired) electrons. The number of hydrogen-bond acceptors (Lipinski definition) is 5. The number of fused-ring (bicyclic) bond motifs is 3. The quantitative estimate of drug-likeness (QED) is 0.762. The second-order valence-corrected chi connectivity index (χ2v) is 7.29. The van der Waals surface area contributed by atoms with Crippen molar-refractivity contribution in [1.82, 2.24) is 19.9 Å². The van der Waals surface area contributed by atoms with Gasteiger partial charge in [-0.15, -0.1) is 0 Å². The van der Waals surface area contributed by atoms with Crippen molar-refractivity contribution < 1.29 is 0 Å². The van der Waals surface area contributed by atoms with Crippen molar-refractivity contribution in [3.63, 3.8) is 0 Å². The molecule has 26 heavy (non-hydrogen) atoms. The Balaban J connectivity index is 1.69. The van der Waals surface area contributed by atoms with Crippen molar-refractivity contribution in [2.24, 2.45) is 0 Å². The molecule has 0 saturated carbocycles. The number of H-pyrrole nitrogens is 1. The number of anilines is 1. The van der Waals surface area contributed by atoms with Crippen LogP contribution >= 0.6 is 11.6 Å². The monoisotopic (exact) mass is 368 g/mol. The molecule has 2 aromatic heterocycles. The Bertz CT molecular complexity index is 975. The van der Waals surface area contributed by atoms with Gasteiger partial charge in [0.25, 0.3) is 0 Å². The first-order chi connectivity index (χ1) is 12.7. The molecule has 1 aromatic carbocycles. The van der Waals surface area contributed by atoms with Crippen LogP contribution in [0.1, 0.15) is 19.3 Å². The van der Waals surface area contributed by atoms with Gasteiger partial charge in [-0.3, -0.25) is 0 Å². The minimum atomic E-state index is 0.373. The van der Waals surface area contributed by atoms with Gasteiger partial charge in [0.15, 0.2) is 0 Å². The topological polar surface area (TPSA) is 71.8 Å². The van der Waals surface area contributed by atoms with Crippen LogP contribution in [0, 0.1) is 11.3 Å². The zero-order chi connectivity index (χ0) is 18.1. The lowest BCUT2D eigenvalue weighted by atomic mass is 10.0. The number of piperidine rings is 1. The van der Waals surface area contributed by atoms with E-state index in [1.165, 1.54) is 0 Å². The fourth-order valence-electron chi connectivity index (χ4n) is 3.88.